The van der Waals surface area contributed by atoms with Gasteiger partial charge in [0.15, 0.2) is 4.67 Å². The molecule has 18 heavy (non-hydrogen) atoms. The maximum atomic E-state index is 11.7. The molecular formula is C11H9BrN2O4. The van der Waals surface area contributed by atoms with E-state index in [9.17, 15) is 14.4 Å². The number of halogens is 1. The molecule has 6 nitrogen and oxygen atoms in total. The van der Waals surface area contributed by atoms with Gasteiger partial charge in [-0.2, -0.15) is 0 Å². The molecule has 3 amide bonds. The standard InChI is InChI=1S/C11H9BrN2O4/c12-8-3-1-7(18-8)2-4-11(17)14-5-9(15)13-10(16)6-14/h1-4H,5-6H2,(H,13,15,16). The first-order valence-electron chi connectivity index (χ1n) is 5.09. The summed E-state index contributed by atoms with van der Waals surface area (Å²) in [4.78, 5) is 35.1. The van der Waals surface area contributed by atoms with Crippen LogP contribution in [0.3, 0.4) is 0 Å². The zero-order valence-corrected chi connectivity index (χ0v) is 10.8. The molecule has 0 bridgehead atoms. The van der Waals surface area contributed by atoms with Crippen LogP contribution >= 0.6 is 15.9 Å². The maximum Gasteiger partial charge on any atom is 0.247 e. The SMILES string of the molecule is O=C1CN(C(=O)C=Cc2ccc(Br)o2)CC(=O)N1. The van der Waals surface area contributed by atoms with Gasteiger partial charge in [0.1, 0.15) is 18.8 Å². The van der Waals surface area contributed by atoms with Crippen molar-refractivity contribution in [2.75, 3.05) is 13.1 Å². The number of carbonyl (C=O) groups excluding carboxylic acids is 3. The molecule has 0 aromatic carbocycles. The molecule has 1 aromatic rings. The van der Waals surface area contributed by atoms with Crippen LogP contribution in [0, 0.1) is 0 Å². The van der Waals surface area contributed by atoms with E-state index in [4.69, 9.17) is 4.42 Å². The maximum absolute atomic E-state index is 11.7. The van der Waals surface area contributed by atoms with Crippen LogP contribution in [0.4, 0.5) is 0 Å². The van der Waals surface area contributed by atoms with Gasteiger partial charge in [0, 0.05) is 6.08 Å². The van der Waals surface area contributed by atoms with Gasteiger partial charge in [0.25, 0.3) is 0 Å². The molecule has 94 valence electrons. The zero-order valence-electron chi connectivity index (χ0n) is 9.18. The molecule has 1 N–H and O–H groups in total. The average molecular weight is 313 g/mol. The topological polar surface area (TPSA) is 79.6 Å². The smallest absolute Gasteiger partial charge is 0.247 e. The number of piperazine rings is 1. The molecule has 0 radical (unpaired) electrons. The molecule has 0 aliphatic carbocycles. The molecule has 7 heteroatoms. The molecule has 0 unspecified atom stereocenters. The fraction of sp³-hybridized carbons (Fsp3) is 0.182. The van der Waals surface area contributed by atoms with E-state index in [2.05, 4.69) is 21.2 Å². The third-order valence-corrected chi connectivity index (χ3v) is 2.67. The van der Waals surface area contributed by atoms with Crippen LogP contribution in [0.15, 0.2) is 27.3 Å². The van der Waals surface area contributed by atoms with E-state index in [0.717, 1.165) is 4.90 Å². The summed E-state index contributed by atoms with van der Waals surface area (Å²) < 4.78 is 5.73. The van der Waals surface area contributed by atoms with Crippen molar-refractivity contribution < 1.29 is 18.8 Å². The third-order valence-electron chi connectivity index (χ3n) is 2.24. The second kappa shape index (κ2) is 5.18. The Bertz CT molecular complexity index is 519. The molecular weight excluding hydrogens is 304 g/mol. The monoisotopic (exact) mass is 312 g/mol. The van der Waals surface area contributed by atoms with Crippen LogP contribution in [0.2, 0.25) is 0 Å². The van der Waals surface area contributed by atoms with E-state index in [-0.39, 0.29) is 13.1 Å². The van der Waals surface area contributed by atoms with Gasteiger partial charge in [-0.05, 0) is 34.1 Å². The Morgan fingerprint density at radius 3 is 2.56 bits per heavy atom. The zero-order chi connectivity index (χ0) is 13.1. The van der Waals surface area contributed by atoms with Crippen LogP contribution in [0.25, 0.3) is 6.08 Å². The predicted octanol–water partition coefficient (Wildman–Crippen LogP) is 0.540. The first-order valence-corrected chi connectivity index (χ1v) is 5.89. The molecule has 1 aliphatic heterocycles. The number of furan rings is 1. The number of rotatable bonds is 2. The molecule has 0 spiro atoms. The van der Waals surface area contributed by atoms with E-state index < -0.39 is 17.7 Å². The van der Waals surface area contributed by atoms with Gasteiger partial charge in [-0.15, -0.1) is 0 Å². The number of nitrogens with zero attached hydrogens (tertiary/aromatic N) is 1. The van der Waals surface area contributed by atoms with Crippen molar-refractivity contribution in [3.63, 3.8) is 0 Å². The van der Waals surface area contributed by atoms with Gasteiger partial charge in [-0.1, -0.05) is 0 Å². The summed E-state index contributed by atoms with van der Waals surface area (Å²) in [5.41, 5.74) is 0. The molecule has 0 saturated carbocycles. The Labute approximate surface area is 111 Å². The van der Waals surface area contributed by atoms with Crippen molar-refractivity contribution >= 4 is 39.7 Å². The number of carbonyl (C=O) groups is 3. The summed E-state index contributed by atoms with van der Waals surface area (Å²) >= 11 is 3.14. The van der Waals surface area contributed by atoms with Crippen LogP contribution in [-0.4, -0.2) is 35.7 Å². The summed E-state index contributed by atoms with van der Waals surface area (Å²) in [5, 5.41) is 2.12. The largest absolute Gasteiger partial charge is 0.450 e. The molecule has 2 rings (SSSR count). The van der Waals surface area contributed by atoms with E-state index in [0.29, 0.717) is 10.4 Å². The summed E-state index contributed by atoms with van der Waals surface area (Å²) in [6, 6.07) is 3.38. The van der Waals surface area contributed by atoms with E-state index in [1.165, 1.54) is 12.2 Å². The summed E-state index contributed by atoms with van der Waals surface area (Å²) in [6.07, 6.45) is 2.74. The predicted molar refractivity (Wildman–Crippen MR) is 65.2 cm³/mol. The Kier molecular flexibility index (Phi) is 3.61. The minimum absolute atomic E-state index is 0.114. The Morgan fingerprint density at radius 2 is 2.00 bits per heavy atom. The van der Waals surface area contributed by atoms with Crippen LogP contribution in [0.1, 0.15) is 5.76 Å². The highest BCUT2D eigenvalue weighted by atomic mass is 79.9. The van der Waals surface area contributed by atoms with E-state index in [1.807, 2.05) is 0 Å². The molecule has 2 heterocycles. The molecule has 0 atom stereocenters. The number of nitrogens with one attached hydrogen (secondary N) is 1. The van der Waals surface area contributed by atoms with Crippen LogP contribution < -0.4 is 5.32 Å². The summed E-state index contributed by atoms with van der Waals surface area (Å²) in [6.45, 7) is -0.229. The Morgan fingerprint density at radius 1 is 1.33 bits per heavy atom. The van der Waals surface area contributed by atoms with E-state index in [1.54, 1.807) is 12.1 Å². The van der Waals surface area contributed by atoms with Crippen molar-refractivity contribution in [3.8, 4) is 0 Å². The highest BCUT2D eigenvalue weighted by Crippen LogP contribution is 2.15. The Hall–Kier alpha value is -1.89. The highest BCUT2D eigenvalue weighted by Gasteiger charge is 2.24. The van der Waals surface area contributed by atoms with Gasteiger partial charge in [-0.3, -0.25) is 19.7 Å². The van der Waals surface area contributed by atoms with Crippen molar-refractivity contribution in [2.45, 2.75) is 0 Å². The van der Waals surface area contributed by atoms with E-state index >= 15 is 0 Å². The number of imide groups is 1. The highest BCUT2D eigenvalue weighted by molar-refractivity contribution is 9.10. The molecule has 1 fully saturated rings. The average Bonchev–Trinajstić information content (AvgIpc) is 2.70. The summed E-state index contributed by atoms with van der Waals surface area (Å²) in [7, 11) is 0. The third kappa shape index (κ3) is 3.07. The van der Waals surface area contributed by atoms with Gasteiger partial charge < -0.3 is 9.32 Å². The first-order chi connectivity index (χ1) is 8.54. The number of hydrogen-bond acceptors (Lipinski definition) is 4. The minimum atomic E-state index is -0.478. The Balaban J connectivity index is 2.01. The second-order valence-corrected chi connectivity index (χ2v) is 4.42. The van der Waals surface area contributed by atoms with Crippen molar-refractivity contribution in [3.05, 3.63) is 28.6 Å². The number of amides is 3. The molecule has 1 aliphatic rings. The van der Waals surface area contributed by atoms with Crippen molar-refractivity contribution in [2.24, 2.45) is 0 Å². The first kappa shape index (κ1) is 12.6. The fourth-order valence-electron chi connectivity index (χ4n) is 1.47. The lowest BCUT2D eigenvalue weighted by Crippen LogP contribution is -2.52. The van der Waals surface area contributed by atoms with Gasteiger partial charge >= 0.3 is 0 Å². The van der Waals surface area contributed by atoms with Crippen LogP contribution in [-0.2, 0) is 14.4 Å². The quantitative estimate of drug-likeness (QED) is 0.638. The fourth-order valence-corrected chi connectivity index (χ4v) is 1.79. The van der Waals surface area contributed by atoms with Crippen molar-refractivity contribution in [1.82, 2.24) is 10.2 Å². The van der Waals surface area contributed by atoms with Gasteiger partial charge in [0.2, 0.25) is 17.7 Å². The van der Waals surface area contributed by atoms with Crippen molar-refractivity contribution in [1.29, 1.82) is 0 Å². The lowest BCUT2D eigenvalue weighted by atomic mass is 10.3. The minimum Gasteiger partial charge on any atom is -0.450 e. The van der Waals surface area contributed by atoms with Gasteiger partial charge in [0.05, 0.1) is 0 Å². The lowest BCUT2D eigenvalue weighted by Gasteiger charge is -2.23. The normalized spacial score (nSPS) is 16.2. The second-order valence-electron chi connectivity index (χ2n) is 3.64. The summed E-state index contributed by atoms with van der Waals surface area (Å²) in [5.74, 6) is -0.865. The lowest BCUT2D eigenvalue weighted by molar-refractivity contribution is -0.143. The van der Waals surface area contributed by atoms with Gasteiger partial charge in [-0.25, -0.2) is 0 Å². The van der Waals surface area contributed by atoms with Crippen LogP contribution in [0.5, 0.6) is 0 Å². The molecule has 1 saturated heterocycles. The molecule has 1 aromatic heterocycles. The number of hydrogen-bond donors (Lipinski definition) is 1.